The average molecular weight is 447 g/mol. The molecular weight excluding hydrogens is 423 g/mol. The van der Waals surface area contributed by atoms with E-state index in [1.807, 2.05) is 30.3 Å². The molecule has 5 nitrogen and oxygen atoms in total. The molecule has 0 unspecified atom stereocenters. The third-order valence-electron chi connectivity index (χ3n) is 5.70. The highest BCUT2D eigenvalue weighted by molar-refractivity contribution is 8.00. The van der Waals surface area contributed by atoms with Crippen molar-refractivity contribution in [2.45, 2.75) is 37.1 Å². The van der Waals surface area contributed by atoms with Gasteiger partial charge in [-0.2, -0.15) is 0 Å². The third kappa shape index (κ3) is 4.39. The van der Waals surface area contributed by atoms with Crippen LogP contribution in [-0.4, -0.2) is 26.4 Å². The van der Waals surface area contributed by atoms with Crippen LogP contribution in [0.15, 0.2) is 65.6 Å². The fraction of sp³-hybridized carbons (Fsp3) is 0.240. The third-order valence-corrected chi connectivity index (χ3v) is 6.69. The van der Waals surface area contributed by atoms with Crippen molar-refractivity contribution in [1.29, 1.82) is 0 Å². The summed E-state index contributed by atoms with van der Waals surface area (Å²) in [6.07, 6.45) is 4.26. The maximum Gasteiger partial charge on any atom is 0.234 e. The van der Waals surface area contributed by atoms with Crippen LogP contribution in [0.2, 0.25) is 0 Å². The minimum absolute atomic E-state index is 0.164. The molecule has 0 bridgehead atoms. The SMILES string of the molecule is O=C(CSc1ccc2ccccc2c1)Nc1cc(-c2nnc3n2CCCCC3)ccc1F. The van der Waals surface area contributed by atoms with Gasteiger partial charge in [-0.05, 0) is 53.9 Å². The molecule has 3 aromatic carbocycles. The van der Waals surface area contributed by atoms with Gasteiger partial charge in [0.1, 0.15) is 11.6 Å². The number of rotatable bonds is 5. The Morgan fingerprint density at radius 1 is 1.00 bits per heavy atom. The number of thioether (sulfide) groups is 1. The van der Waals surface area contributed by atoms with E-state index in [0.717, 1.165) is 58.7 Å². The van der Waals surface area contributed by atoms with Gasteiger partial charge >= 0.3 is 0 Å². The van der Waals surface area contributed by atoms with E-state index in [4.69, 9.17) is 0 Å². The molecule has 0 saturated heterocycles. The van der Waals surface area contributed by atoms with Gasteiger partial charge in [-0.15, -0.1) is 22.0 Å². The summed E-state index contributed by atoms with van der Waals surface area (Å²) < 4.78 is 16.6. The summed E-state index contributed by atoms with van der Waals surface area (Å²) in [6, 6.07) is 18.9. The largest absolute Gasteiger partial charge is 0.323 e. The van der Waals surface area contributed by atoms with Crippen LogP contribution < -0.4 is 5.32 Å². The van der Waals surface area contributed by atoms with Crippen LogP contribution >= 0.6 is 11.8 Å². The monoisotopic (exact) mass is 446 g/mol. The number of halogens is 1. The zero-order chi connectivity index (χ0) is 21.9. The molecule has 0 aliphatic carbocycles. The van der Waals surface area contributed by atoms with Crippen molar-refractivity contribution < 1.29 is 9.18 Å². The van der Waals surface area contributed by atoms with E-state index in [1.54, 1.807) is 12.1 Å². The first-order chi connectivity index (χ1) is 15.7. The molecule has 1 amide bonds. The Bertz CT molecular complexity index is 1290. The molecule has 1 N–H and O–H groups in total. The van der Waals surface area contributed by atoms with Crippen LogP contribution in [-0.2, 0) is 17.8 Å². The molecule has 162 valence electrons. The van der Waals surface area contributed by atoms with E-state index >= 15 is 0 Å². The van der Waals surface area contributed by atoms with Gasteiger partial charge in [-0.3, -0.25) is 4.79 Å². The maximum absolute atomic E-state index is 14.4. The van der Waals surface area contributed by atoms with Crippen molar-refractivity contribution in [3.8, 4) is 11.4 Å². The fourth-order valence-corrected chi connectivity index (χ4v) is 4.80. The number of nitrogens with zero attached hydrogens (tertiary/aromatic N) is 3. The number of aryl methyl sites for hydroxylation is 1. The summed E-state index contributed by atoms with van der Waals surface area (Å²) in [5, 5.41) is 13.7. The van der Waals surface area contributed by atoms with Crippen molar-refractivity contribution in [1.82, 2.24) is 14.8 Å². The van der Waals surface area contributed by atoms with E-state index in [1.165, 1.54) is 24.2 Å². The molecule has 0 atom stereocenters. The lowest BCUT2D eigenvalue weighted by molar-refractivity contribution is -0.113. The number of hydrogen-bond acceptors (Lipinski definition) is 4. The Balaban J connectivity index is 1.29. The minimum atomic E-state index is -0.464. The summed E-state index contributed by atoms with van der Waals surface area (Å²) in [4.78, 5) is 13.5. The van der Waals surface area contributed by atoms with E-state index in [9.17, 15) is 9.18 Å². The molecule has 0 radical (unpaired) electrons. The second-order valence-electron chi connectivity index (χ2n) is 7.94. The number of anilines is 1. The Labute approximate surface area is 190 Å². The molecule has 0 spiro atoms. The van der Waals surface area contributed by atoms with Gasteiger partial charge in [0, 0.05) is 23.4 Å². The quantitative estimate of drug-likeness (QED) is 0.400. The number of benzene rings is 3. The topological polar surface area (TPSA) is 59.8 Å². The first kappa shape index (κ1) is 20.7. The number of nitrogens with one attached hydrogen (secondary N) is 1. The molecule has 32 heavy (non-hydrogen) atoms. The van der Waals surface area contributed by atoms with Crippen molar-refractivity contribution in [2.24, 2.45) is 0 Å². The highest BCUT2D eigenvalue weighted by Crippen LogP contribution is 2.28. The number of hydrogen-bond donors (Lipinski definition) is 1. The minimum Gasteiger partial charge on any atom is -0.323 e. The van der Waals surface area contributed by atoms with Crippen molar-refractivity contribution in [2.75, 3.05) is 11.1 Å². The first-order valence-corrected chi connectivity index (χ1v) is 11.8. The van der Waals surface area contributed by atoms with Gasteiger partial charge < -0.3 is 9.88 Å². The van der Waals surface area contributed by atoms with Gasteiger partial charge in [0.2, 0.25) is 5.91 Å². The predicted octanol–water partition coefficient (Wildman–Crippen LogP) is 5.69. The van der Waals surface area contributed by atoms with Crippen LogP contribution in [0.3, 0.4) is 0 Å². The highest BCUT2D eigenvalue weighted by Gasteiger charge is 2.17. The number of carbonyl (C=O) groups excluding carboxylic acids is 1. The molecular formula is C25H23FN4OS. The second kappa shape index (κ2) is 9.12. The number of fused-ring (bicyclic) bond motifs is 2. The van der Waals surface area contributed by atoms with Gasteiger partial charge in [0.05, 0.1) is 11.4 Å². The molecule has 4 aromatic rings. The van der Waals surface area contributed by atoms with E-state index in [-0.39, 0.29) is 17.3 Å². The van der Waals surface area contributed by atoms with E-state index < -0.39 is 5.82 Å². The smallest absolute Gasteiger partial charge is 0.234 e. The molecule has 0 saturated carbocycles. The first-order valence-electron chi connectivity index (χ1n) is 10.8. The van der Waals surface area contributed by atoms with Gasteiger partial charge in [0.15, 0.2) is 5.82 Å². The summed E-state index contributed by atoms with van der Waals surface area (Å²) in [6.45, 7) is 0.860. The molecule has 7 heteroatoms. The van der Waals surface area contributed by atoms with Gasteiger partial charge in [0.25, 0.3) is 0 Å². The molecule has 1 aliphatic rings. The molecule has 5 rings (SSSR count). The van der Waals surface area contributed by atoms with Gasteiger partial charge in [-0.1, -0.05) is 36.8 Å². The Morgan fingerprint density at radius 3 is 2.78 bits per heavy atom. The maximum atomic E-state index is 14.4. The summed E-state index contributed by atoms with van der Waals surface area (Å²) in [5.74, 6) is 1.18. The Hall–Kier alpha value is -3.19. The summed E-state index contributed by atoms with van der Waals surface area (Å²) in [5.41, 5.74) is 0.919. The van der Waals surface area contributed by atoms with Crippen molar-refractivity contribution in [3.05, 3.63) is 72.3 Å². The van der Waals surface area contributed by atoms with Crippen LogP contribution in [0, 0.1) is 5.82 Å². The number of amides is 1. The normalized spacial score (nSPS) is 13.5. The van der Waals surface area contributed by atoms with Crippen LogP contribution in [0.1, 0.15) is 25.1 Å². The predicted molar refractivity (Wildman–Crippen MR) is 126 cm³/mol. The van der Waals surface area contributed by atoms with Crippen molar-refractivity contribution >= 4 is 34.1 Å². The highest BCUT2D eigenvalue weighted by atomic mass is 32.2. The van der Waals surface area contributed by atoms with Crippen LogP contribution in [0.4, 0.5) is 10.1 Å². The second-order valence-corrected chi connectivity index (χ2v) is 8.99. The summed E-state index contributed by atoms with van der Waals surface area (Å²) >= 11 is 1.43. The van der Waals surface area contributed by atoms with Crippen LogP contribution in [0.5, 0.6) is 0 Å². The zero-order valence-corrected chi connectivity index (χ0v) is 18.4. The molecule has 0 fully saturated rings. The zero-order valence-electron chi connectivity index (χ0n) is 17.6. The van der Waals surface area contributed by atoms with E-state index in [0.29, 0.717) is 0 Å². The molecule has 1 aromatic heterocycles. The lowest BCUT2D eigenvalue weighted by Crippen LogP contribution is -2.15. The summed E-state index contributed by atoms with van der Waals surface area (Å²) in [7, 11) is 0. The van der Waals surface area contributed by atoms with Crippen LogP contribution in [0.25, 0.3) is 22.2 Å². The number of aromatic nitrogens is 3. The standard InChI is InChI=1S/C25H23FN4OS/c26-21-12-10-19(25-29-28-23-8-2-1-5-13-30(23)25)15-22(21)27-24(31)16-32-20-11-9-17-6-3-4-7-18(17)14-20/h3-4,6-7,9-12,14-15H,1-2,5,8,13,16H2,(H,27,31). The fourth-order valence-electron chi connectivity index (χ4n) is 4.05. The lowest BCUT2D eigenvalue weighted by Gasteiger charge is -2.10. The Morgan fingerprint density at radius 2 is 1.88 bits per heavy atom. The van der Waals surface area contributed by atoms with Gasteiger partial charge in [-0.25, -0.2) is 4.39 Å². The lowest BCUT2D eigenvalue weighted by atomic mass is 10.1. The Kier molecular flexibility index (Phi) is 5.90. The molecule has 1 aliphatic heterocycles. The average Bonchev–Trinajstić information content (AvgIpc) is 3.07. The molecule has 2 heterocycles. The van der Waals surface area contributed by atoms with Crippen molar-refractivity contribution in [3.63, 3.8) is 0 Å². The van der Waals surface area contributed by atoms with E-state index in [2.05, 4.69) is 32.2 Å². The number of carbonyl (C=O) groups is 1.